The predicted molar refractivity (Wildman–Crippen MR) is 96.9 cm³/mol. The molecule has 3 aliphatic rings. The summed E-state index contributed by atoms with van der Waals surface area (Å²) in [5.74, 6) is 0.544. The molecule has 0 aromatic carbocycles. The molecule has 0 aromatic heterocycles. The Morgan fingerprint density at radius 2 is 2.00 bits per heavy atom. The molecule has 0 radical (unpaired) electrons. The van der Waals surface area contributed by atoms with E-state index in [0.717, 1.165) is 51.9 Å². The summed E-state index contributed by atoms with van der Waals surface area (Å²) in [6, 6.07) is 0. The van der Waals surface area contributed by atoms with Crippen molar-refractivity contribution in [2.24, 2.45) is 11.3 Å². The second-order valence-electron chi connectivity index (χ2n) is 7.64. The summed E-state index contributed by atoms with van der Waals surface area (Å²) in [6.45, 7) is 6.75. The van der Waals surface area contributed by atoms with Crippen LogP contribution in [0.15, 0.2) is 24.8 Å². The molecule has 0 bridgehead atoms. The number of nitrogens with one attached hydrogen (secondary N) is 1. The predicted octanol–water partition coefficient (Wildman–Crippen LogP) is 2.43. The first-order valence-electron chi connectivity index (χ1n) is 9.62. The first-order valence-corrected chi connectivity index (χ1v) is 9.62. The van der Waals surface area contributed by atoms with Crippen molar-refractivity contribution in [3.8, 4) is 0 Å². The van der Waals surface area contributed by atoms with Crippen LogP contribution in [0.5, 0.6) is 0 Å². The summed E-state index contributed by atoms with van der Waals surface area (Å²) in [6.07, 6.45) is 12.8. The van der Waals surface area contributed by atoms with Gasteiger partial charge in [0.25, 0.3) is 0 Å². The van der Waals surface area contributed by atoms with Gasteiger partial charge in [0.1, 0.15) is 0 Å². The number of hydrogen-bond donors (Lipinski definition) is 1. The molecule has 2 heterocycles. The third-order valence-electron chi connectivity index (χ3n) is 6.29. The molecule has 3 fully saturated rings. The van der Waals surface area contributed by atoms with E-state index < -0.39 is 0 Å². The molecule has 3 rings (SSSR count). The fourth-order valence-electron chi connectivity index (χ4n) is 4.72. The first-order chi connectivity index (χ1) is 12.1. The van der Waals surface area contributed by atoms with Gasteiger partial charge in [0.2, 0.25) is 11.8 Å². The minimum Gasteiger partial charge on any atom is -0.374 e. The van der Waals surface area contributed by atoms with Crippen LogP contribution >= 0.6 is 0 Å². The number of carbonyl (C=O) groups is 2. The fraction of sp³-hybridized carbons (Fsp3) is 0.700. The van der Waals surface area contributed by atoms with Gasteiger partial charge in [-0.3, -0.25) is 9.59 Å². The van der Waals surface area contributed by atoms with Crippen molar-refractivity contribution >= 4 is 11.8 Å². The van der Waals surface area contributed by atoms with Gasteiger partial charge in [-0.2, -0.15) is 0 Å². The molecular weight excluding hydrogens is 316 g/mol. The molecule has 1 N–H and O–H groups in total. The van der Waals surface area contributed by atoms with Crippen LogP contribution in [0.2, 0.25) is 0 Å². The number of carbonyl (C=O) groups excluding carboxylic acids is 2. The lowest BCUT2D eigenvalue weighted by Crippen LogP contribution is -2.46. The maximum atomic E-state index is 12.1. The highest BCUT2D eigenvalue weighted by Gasteiger charge is 2.44. The van der Waals surface area contributed by atoms with E-state index in [0.29, 0.717) is 11.3 Å². The van der Waals surface area contributed by atoms with Gasteiger partial charge in [-0.15, -0.1) is 0 Å². The van der Waals surface area contributed by atoms with Crippen LogP contribution in [-0.4, -0.2) is 49.1 Å². The van der Waals surface area contributed by atoms with E-state index in [1.54, 1.807) is 6.08 Å². The molecular formula is C20H30N2O3. The van der Waals surface area contributed by atoms with Gasteiger partial charge in [0, 0.05) is 32.3 Å². The molecule has 1 spiro atoms. The fourth-order valence-corrected chi connectivity index (χ4v) is 4.72. The molecule has 25 heavy (non-hydrogen) atoms. The number of likely N-dealkylation sites (tertiary alicyclic amines) is 1. The quantitative estimate of drug-likeness (QED) is 0.778. The summed E-state index contributed by atoms with van der Waals surface area (Å²) in [5, 5.41) is 3.09. The van der Waals surface area contributed by atoms with Crippen LogP contribution in [0.3, 0.4) is 0 Å². The number of nitrogens with zero attached hydrogens (tertiary/aromatic N) is 1. The molecule has 5 nitrogen and oxygen atoms in total. The first kappa shape index (κ1) is 18.2. The molecule has 2 unspecified atom stereocenters. The minimum atomic E-state index is -0.0168. The third-order valence-corrected chi connectivity index (χ3v) is 6.29. The Balaban J connectivity index is 1.48. The van der Waals surface area contributed by atoms with E-state index in [-0.39, 0.29) is 17.9 Å². The van der Waals surface area contributed by atoms with E-state index in [2.05, 4.69) is 11.9 Å². The monoisotopic (exact) mass is 346 g/mol. The van der Waals surface area contributed by atoms with E-state index in [1.807, 2.05) is 11.0 Å². The van der Waals surface area contributed by atoms with E-state index >= 15 is 0 Å². The Bertz CT molecular complexity index is 529. The second kappa shape index (κ2) is 8.17. The number of amides is 2. The Kier molecular flexibility index (Phi) is 5.94. The van der Waals surface area contributed by atoms with Crippen LogP contribution in [0, 0.1) is 11.3 Å². The summed E-state index contributed by atoms with van der Waals surface area (Å²) in [7, 11) is 0. The maximum absolute atomic E-state index is 12.1. The van der Waals surface area contributed by atoms with Crippen molar-refractivity contribution in [2.75, 3.05) is 26.2 Å². The molecule has 2 saturated heterocycles. The molecule has 2 amide bonds. The average molecular weight is 346 g/mol. The van der Waals surface area contributed by atoms with E-state index in [4.69, 9.17) is 4.74 Å². The lowest BCUT2D eigenvalue weighted by Gasteiger charge is -2.43. The van der Waals surface area contributed by atoms with Gasteiger partial charge in [-0.1, -0.05) is 19.1 Å². The Hall–Kier alpha value is -1.62. The summed E-state index contributed by atoms with van der Waals surface area (Å²) in [5.41, 5.74) is 0.295. The topological polar surface area (TPSA) is 58.6 Å². The van der Waals surface area contributed by atoms with E-state index in [1.165, 1.54) is 25.3 Å². The molecule has 2 atom stereocenters. The lowest BCUT2D eigenvalue weighted by atomic mass is 9.70. The summed E-state index contributed by atoms with van der Waals surface area (Å²) in [4.78, 5) is 25.8. The van der Waals surface area contributed by atoms with Gasteiger partial charge in [-0.25, -0.2) is 0 Å². The Morgan fingerprint density at radius 3 is 2.68 bits per heavy atom. The van der Waals surface area contributed by atoms with Crippen LogP contribution in [0.25, 0.3) is 0 Å². The molecule has 138 valence electrons. The SMILES string of the molecule is C=CC(=O)N1CCC2(CCCC2CNC(=O)/C=C/C2CCCO2)CC1. The molecule has 5 heteroatoms. The number of rotatable bonds is 5. The van der Waals surface area contributed by atoms with E-state index in [9.17, 15) is 9.59 Å². The number of hydrogen-bond acceptors (Lipinski definition) is 3. The zero-order valence-corrected chi connectivity index (χ0v) is 15.0. The zero-order valence-electron chi connectivity index (χ0n) is 15.0. The largest absolute Gasteiger partial charge is 0.374 e. The highest BCUT2D eigenvalue weighted by molar-refractivity contribution is 5.87. The third kappa shape index (κ3) is 4.32. The second-order valence-corrected chi connectivity index (χ2v) is 7.64. The van der Waals surface area contributed by atoms with Crippen LogP contribution < -0.4 is 5.32 Å². The normalized spacial score (nSPS) is 28.6. The van der Waals surface area contributed by atoms with Crippen molar-refractivity contribution in [2.45, 2.75) is 51.0 Å². The van der Waals surface area contributed by atoms with Crippen molar-refractivity contribution in [3.05, 3.63) is 24.8 Å². The maximum Gasteiger partial charge on any atom is 0.245 e. The van der Waals surface area contributed by atoms with Crippen molar-refractivity contribution in [1.82, 2.24) is 10.2 Å². The molecule has 0 aromatic rings. The number of ether oxygens (including phenoxy) is 1. The van der Waals surface area contributed by atoms with Gasteiger partial charge in [-0.05, 0) is 55.9 Å². The zero-order chi connectivity index (χ0) is 17.7. The smallest absolute Gasteiger partial charge is 0.245 e. The highest BCUT2D eigenvalue weighted by Crippen LogP contribution is 2.50. The van der Waals surface area contributed by atoms with Crippen LogP contribution in [0.4, 0.5) is 0 Å². The highest BCUT2D eigenvalue weighted by atomic mass is 16.5. The number of piperidine rings is 1. The standard InChI is InChI=1S/C20H30N2O3/c1-2-19(24)22-12-10-20(11-13-22)9-3-5-16(20)15-21-18(23)8-7-17-6-4-14-25-17/h2,7-8,16-17H,1,3-6,9-15H2,(H,21,23)/b8-7+. The minimum absolute atomic E-state index is 0.0168. The summed E-state index contributed by atoms with van der Waals surface area (Å²) >= 11 is 0. The summed E-state index contributed by atoms with van der Waals surface area (Å²) < 4.78 is 5.50. The van der Waals surface area contributed by atoms with Gasteiger partial charge >= 0.3 is 0 Å². The average Bonchev–Trinajstić information content (AvgIpc) is 3.28. The van der Waals surface area contributed by atoms with Gasteiger partial charge in [0.05, 0.1) is 6.10 Å². The van der Waals surface area contributed by atoms with Gasteiger partial charge in [0.15, 0.2) is 0 Å². The van der Waals surface area contributed by atoms with Gasteiger partial charge < -0.3 is 15.0 Å². The van der Waals surface area contributed by atoms with Crippen molar-refractivity contribution in [1.29, 1.82) is 0 Å². The van der Waals surface area contributed by atoms with Crippen LogP contribution in [0.1, 0.15) is 44.9 Å². The molecule has 1 aliphatic carbocycles. The van der Waals surface area contributed by atoms with Crippen LogP contribution in [-0.2, 0) is 14.3 Å². The Labute approximate surface area is 150 Å². The van der Waals surface area contributed by atoms with Crippen molar-refractivity contribution < 1.29 is 14.3 Å². The van der Waals surface area contributed by atoms with Crippen molar-refractivity contribution in [3.63, 3.8) is 0 Å². The molecule has 2 aliphatic heterocycles. The lowest BCUT2D eigenvalue weighted by molar-refractivity contribution is -0.128. The molecule has 1 saturated carbocycles. The Morgan fingerprint density at radius 1 is 1.20 bits per heavy atom.